The summed E-state index contributed by atoms with van der Waals surface area (Å²) in [4.78, 5) is 16.7. The summed E-state index contributed by atoms with van der Waals surface area (Å²) in [6.45, 7) is 3.81. The smallest absolute Gasteiger partial charge is 0.275 e. The van der Waals surface area contributed by atoms with E-state index in [1.54, 1.807) is 18.2 Å². The van der Waals surface area contributed by atoms with Crippen molar-refractivity contribution in [2.45, 2.75) is 18.7 Å². The lowest BCUT2D eigenvalue weighted by atomic mass is 10.1. The maximum atomic E-state index is 12.7. The molecule has 3 aromatic carbocycles. The molecule has 0 aromatic heterocycles. The van der Waals surface area contributed by atoms with Gasteiger partial charge in [-0.25, -0.2) is 13.4 Å². The first-order chi connectivity index (χ1) is 13.8. The SMILES string of the molecule is Cc1ccc(NS(=O)(=O)c2ccc(N=C3C(=O)Nc4ccccc43)cc2)c(C)c1. The van der Waals surface area contributed by atoms with Crippen LogP contribution in [0.1, 0.15) is 16.7 Å². The van der Waals surface area contributed by atoms with Crippen molar-refractivity contribution >= 4 is 38.7 Å². The van der Waals surface area contributed by atoms with E-state index in [0.29, 0.717) is 22.8 Å². The van der Waals surface area contributed by atoms with Crippen LogP contribution in [0.15, 0.2) is 76.6 Å². The summed E-state index contributed by atoms with van der Waals surface area (Å²) in [6, 6.07) is 18.9. The molecule has 29 heavy (non-hydrogen) atoms. The number of hydrogen-bond acceptors (Lipinski definition) is 4. The highest BCUT2D eigenvalue weighted by molar-refractivity contribution is 7.92. The van der Waals surface area contributed by atoms with Crippen molar-refractivity contribution in [3.63, 3.8) is 0 Å². The van der Waals surface area contributed by atoms with Crippen LogP contribution in [0.4, 0.5) is 17.1 Å². The molecule has 0 unspecified atom stereocenters. The zero-order valence-electron chi connectivity index (χ0n) is 15.9. The molecule has 1 amide bonds. The fourth-order valence-corrected chi connectivity index (χ4v) is 4.30. The average molecular weight is 405 g/mol. The predicted molar refractivity (Wildman–Crippen MR) is 114 cm³/mol. The molecule has 0 bridgehead atoms. The fraction of sp³-hybridized carbons (Fsp3) is 0.0909. The molecule has 1 aliphatic rings. The van der Waals surface area contributed by atoms with Gasteiger partial charge in [-0.1, -0.05) is 35.9 Å². The van der Waals surface area contributed by atoms with Gasteiger partial charge >= 0.3 is 0 Å². The van der Waals surface area contributed by atoms with E-state index in [1.807, 2.05) is 50.2 Å². The van der Waals surface area contributed by atoms with Crippen LogP contribution in [-0.2, 0) is 14.8 Å². The van der Waals surface area contributed by atoms with Crippen molar-refractivity contribution in [1.29, 1.82) is 0 Å². The Morgan fingerprint density at radius 3 is 2.38 bits per heavy atom. The number of benzene rings is 3. The van der Waals surface area contributed by atoms with E-state index in [9.17, 15) is 13.2 Å². The Labute approximate surface area is 169 Å². The second-order valence-electron chi connectivity index (χ2n) is 6.88. The third-order valence-corrected chi connectivity index (χ3v) is 6.04. The number of anilines is 2. The van der Waals surface area contributed by atoms with Crippen LogP contribution in [0.3, 0.4) is 0 Å². The van der Waals surface area contributed by atoms with Gasteiger partial charge in [-0.05, 0) is 55.8 Å². The number of nitrogens with zero attached hydrogens (tertiary/aromatic N) is 1. The highest BCUT2D eigenvalue weighted by atomic mass is 32.2. The lowest BCUT2D eigenvalue weighted by molar-refractivity contribution is -0.110. The molecule has 7 heteroatoms. The molecule has 4 rings (SSSR count). The minimum atomic E-state index is -3.73. The first-order valence-electron chi connectivity index (χ1n) is 9.03. The van der Waals surface area contributed by atoms with Crippen molar-refractivity contribution in [1.82, 2.24) is 0 Å². The van der Waals surface area contributed by atoms with Crippen LogP contribution >= 0.6 is 0 Å². The third kappa shape index (κ3) is 3.77. The van der Waals surface area contributed by atoms with E-state index in [0.717, 1.165) is 16.7 Å². The zero-order valence-corrected chi connectivity index (χ0v) is 16.7. The molecule has 0 fully saturated rings. The van der Waals surface area contributed by atoms with Gasteiger partial charge in [-0.3, -0.25) is 9.52 Å². The van der Waals surface area contributed by atoms with E-state index in [4.69, 9.17) is 0 Å². The Hall–Kier alpha value is -3.45. The minimum Gasteiger partial charge on any atom is -0.320 e. The highest BCUT2D eigenvalue weighted by Crippen LogP contribution is 2.26. The van der Waals surface area contributed by atoms with Crippen LogP contribution in [0.25, 0.3) is 0 Å². The second-order valence-corrected chi connectivity index (χ2v) is 8.56. The number of nitrogens with one attached hydrogen (secondary N) is 2. The summed E-state index contributed by atoms with van der Waals surface area (Å²) in [6.07, 6.45) is 0. The molecular weight excluding hydrogens is 386 g/mol. The van der Waals surface area contributed by atoms with Gasteiger partial charge in [0.25, 0.3) is 15.9 Å². The van der Waals surface area contributed by atoms with Crippen molar-refractivity contribution in [2.75, 3.05) is 10.0 Å². The fourth-order valence-electron chi connectivity index (χ4n) is 3.17. The number of hydrogen-bond donors (Lipinski definition) is 2. The maximum absolute atomic E-state index is 12.7. The Morgan fingerprint density at radius 2 is 1.66 bits per heavy atom. The molecule has 0 radical (unpaired) electrons. The maximum Gasteiger partial charge on any atom is 0.275 e. The predicted octanol–water partition coefficient (Wildman–Crippen LogP) is 4.18. The zero-order chi connectivity index (χ0) is 20.6. The summed E-state index contributed by atoms with van der Waals surface area (Å²) < 4.78 is 28.0. The molecule has 146 valence electrons. The van der Waals surface area contributed by atoms with E-state index >= 15 is 0 Å². The second kappa shape index (κ2) is 7.18. The molecule has 0 aliphatic carbocycles. The van der Waals surface area contributed by atoms with E-state index < -0.39 is 10.0 Å². The molecule has 0 saturated carbocycles. The number of aliphatic imine (C=N–C) groups is 1. The molecule has 1 heterocycles. The van der Waals surface area contributed by atoms with Gasteiger partial charge < -0.3 is 5.32 Å². The van der Waals surface area contributed by atoms with Crippen molar-refractivity contribution in [2.24, 2.45) is 4.99 Å². The standard InChI is InChI=1S/C22H19N3O3S/c1-14-7-12-19(15(2)13-14)25-29(27,28)17-10-8-16(9-11-17)23-21-18-5-3-4-6-20(18)24-22(21)26/h3-13,25H,1-2H3,(H,23,24,26). The monoisotopic (exact) mass is 405 g/mol. The number of sulfonamides is 1. The van der Waals surface area contributed by atoms with Crippen LogP contribution < -0.4 is 10.0 Å². The van der Waals surface area contributed by atoms with Crippen LogP contribution in [0, 0.1) is 13.8 Å². The first kappa shape index (κ1) is 18.9. The number of carbonyl (C=O) groups is 1. The number of amides is 1. The Morgan fingerprint density at radius 1 is 0.931 bits per heavy atom. The average Bonchev–Trinajstić information content (AvgIpc) is 3.00. The summed E-state index contributed by atoms with van der Waals surface area (Å²) in [5, 5.41) is 2.76. The van der Waals surface area contributed by atoms with Gasteiger partial charge in [0.15, 0.2) is 0 Å². The molecule has 6 nitrogen and oxygen atoms in total. The molecular formula is C22H19N3O3S. The van der Waals surface area contributed by atoms with Gasteiger partial charge in [0.1, 0.15) is 5.71 Å². The van der Waals surface area contributed by atoms with Gasteiger partial charge in [0.2, 0.25) is 0 Å². The Kier molecular flexibility index (Phi) is 4.68. The summed E-state index contributed by atoms with van der Waals surface area (Å²) in [7, 11) is -3.73. The number of para-hydroxylation sites is 1. The lowest BCUT2D eigenvalue weighted by Gasteiger charge is -2.11. The van der Waals surface area contributed by atoms with E-state index in [1.165, 1.54) is 12.1 Å². The lowest BCUT2D eigenvalue weighted by Crippen LogP contribution is -2.14. The van der Waals surface area contributed by atoms with Crippen LogP contribution in [0.2, 0.25) is 0 Å². The third-order valence-electron chi connectivity index (χ3n) is 4.66. The van der Waals surface area contributed by atoms with Gasteiger partial charge in [0.05, 0.1) is 22.0 Å². The number of carbonyl (C=O) groups excluding carboxylic acids is 1. The molecule has 1 aliphatic heterocycles. The van der Waals surface area contributed by atoms with Gasteiger partial charge in [0, 0.05) is 5.56 Å². The van der Waals surface area contributed by atoms with Crippen LogP contribution in [0.5, 0.6) is 0 Å². The summed E-state index contributed by atoms with van der Waals surface area (Å²) >= 11 is 0. The number of fused-ring (bicyclic) bond motifs is 1. The van der Waals surface area contributed by atoms with Crippen molar-refractivity contribution in [3.8, 4) is 0 Å². The number of aryl methyl sites for hydroxylation is 2. The van der Waals surface area contributed by atoms with E-state index in [-0.39, 0.29) is 10.8 Å². The highest BCUT2D eigenvalue weighted by Gasteiger charge is 2.25. The Bertz CT molecular complexity index is 1250. The largest absolute Gasteiger partial charge is 0.320 e. The first-order valence-corrected chi connectivity index (χ1v) is 10.5. The van der Waals surface area contributed by atoms with Crippen LogP contribution in [-0.4, -0.2) is 20.0 Å². The Balaban J connectivity index is 1.60. The molecule has 0 atom stereocenters. The normalized spacial score (nSPS) is 14.6. The van der Waals surface area contributed by atoms with Gasteiger partial charge in [-0.15, -0.1) is 0 Å². The minimum absolute atomic E-state index is 0.123. The van der Waals surface area contributed by atoms with Crippen molar-refractivity contribution in [3.05, 3.63) is 83.4 Å². The van der Waals surface area contributed by atoms with Gasteiger partial charge in [-0.2, -0.15) is 0 Å². The molecule has 3 aromatic rings. The molecule has 0 saturated heterocycles. The molecule has 0 spiro atoms. The quantitative estimate of drug-likeness (QED) is 0.683. The van der Waals surface area contributed by atoms with Crippen molar-refractivity contribution < 1.29 is 13.2 Å². The molecule has 2 N–H and O–H groups in total. The van der Waals surface area contributed by atoms with E-state index in [2.05, 4.69) is 15.0 Å². The summed E-state index contributed by atoms with van der Waals surface area (Å²) in [5.74, 6) is -0.278. The summed E-state index contributed by atoms with van der Waals surface area (Å²) in [5.41, 5.74) is 4.70. The topological polar surface area (TPSA) is 87.6 Å². The number of rotatable bonds is 4.